The molecule has 1 N–H and O–H groups in total. The number of ether oxygens (including phenoxy) is 3. The Hall–Kier alpha value is -1.26. The van der Waals surface area contributed by atoms with Crippen LogP contribution in [0.4, 0.5) is 0 Å². The summed E-state index contributed by atoms with van der Waals surface area (Å²) >= 11 is 0. The molecule has 0 aromatic heterocycles. The molecular formula is C15H21NO3. The highest BCUT2D eigenvalue weighted by molar-refractivity contribution is 5.51. The number of rotatable bonds is 4. The highest BCUT2D eigenvalue weighted by Crippen LogP contribution is 2.37. The molecule has 0 radical (unpaired) electrons. The van der Waals surface area contributed by atoms with Gasteiger partial charge in [0.1, 0.15) is 13.2 Å². The molecule has 0 aliphatic carbocycles. The number of hydrogen-bond acceptors (Lipinski definition) is 4. The average Bonchev–Trinajstić information content (AvgIpc) is 2.95. The standard InChI is InChI=1S/C15H21NO3/c1-17-10-11-4-5-14-15(19-8-7-18-14)13(11)9-12-3-2-6-16-12/h4-5,12,16H,2-3,6-10H2,1H3. The van der Waals surface area contributed by atoms with Gasteiger partial charge in [-0.15, -0.1) is 0 Å². The van der Waals surface area contributed by atoms with E-state index in [-0.39, 0.29) is 0 Å². The van der Waals surface area contributed by atoms with Crippen LogP contribution in [0.3, 0.4) is 0 Å². The van der Waals surface area contributed by atoms with Gasteiger partial charge in [0.2, 0.25) is 0 Å². The molecule has 0 saturated carbocycles. The van der Waals surface area contributed by atoms with E-state index in [9.17, 15) is 0 Å². The minimum absolute atomic E-state index is 0.549. The van der Waals surface area contributed by atoms with E-state index in [4.69, 9.17) is 14.2 Å². The summed E-state index contributed by atoms with van der Waals surface area (Å²) < 4.78 is 16.8. The first-order valence-corrected chi connectivity index (χ1v) is 7.01. The number of nitrogens with one attached hydrogen (secondary N) is 1. The molecule has 104 valence electrons. The molecule has 1 saturated heterocycles. The van der Waals surface area contributed by atoms with E-state index in [1.54, 1.807) is 7.11 Å². The second kappa shape index (κ2) is 5.80. The first-order chi connectivity index (χ1) is 9.38. The summed E-state index contributed by atoms with van der Waals surface area (Å²) in [5.74, 6) is 1.80. The number of methoxy groups -OCH3 is 1. The second-order valence-electron chi connectivity index (χ2n) is 5.16. The van der Waals surface area contributed by atoms with Gasteiger partial charge in [-0.2, -0.15) is 0 Å². The molecule has 1 atom stereocenters. The van der Waals surface area contributed by atoms with Crippen molar-refractivity contribution in [1.82, 2.24) is 5.32 Å². The van der Waals surface area contributed by atoms with Crippen LogP contribution in [0.15, 0.2) is 12.1 Å². The maximum absolute atomic E-state index is 5.84. The van der Waals surface area contributed by atoms with E-state index in [0.29, 0.717) is 25.9 Å². The molecule has 3 rings (SSSR count). The minimum atomic E-state index is 0.549. The van der Waals surface area contributed by atoms with Crippen LogP contribution >= 0.6 is 0 Å². The maximum Gasteiger partial charge on any atom is 0.164 e. The zero-order valence-corrected chi connectivity index (χ0v) is 11.4. The van der Waals surface area contributed by atoms with Crippen molar-refractivity contribution >= 4 is 0 Å². The van der Waals surface area contributed by atoms with E-state index in [1.165, 1.54) is 24.0 Å². The van der Waals surface area contributed by atoms with Crippen LogP contribution in [-0.2, 0) is 17.8 Å². The van der Waals surface area contributed by atoms with Gasteiger partial charge in [0.05, 0.1) is 6.61 Å². The second-order valence-corrected chi connectivity index (χ2v) is 5.16. The summed E-state index contributed by atoms with van der Waals surface area (Å²) in [6.45, 7) is 3.02. The van der Waals surface area contributed by atoms with Gasteiger partial charge < -0.3 is 19.5 Å². The Balaban J connectivity index is 1.91. The van der Waals surface area contributed by atoms with Gasteiger partial charge in [0.15, 0.2) is 11.5 Å². The van der Waals surface area contributed by atoms with Gasteiger partial charge in [-0.3, -0.25) is 0 Å². The van der Waals surface area contributed by atoms with E-state index >= 15 is 0 Å². The Bertz CT molecular complexity index is 441. The summed E-state index contributed by atoms with van der Waals surface area (Å²) in [6, 6.07) is 4.64. The zero-order valence-electron chi connectivity index (χ0n) is 11.4. The smallest absolute Gasteiger partial charge is 0.164 e. The zero-order chi connectivity index (χ0) is 13.1. The molecule has 1 aromatic carbocycles. The molecular weight excluding hydrogens is 242 g/mol. The number of fused-ring (bicyclic) bond motifs is 1. The van der Waals surface area contributed by atoms with Gasteiger partial charge in [-0.05, 0) is 37.4 Å². The predicted molar refractivity (Wildman–Crippen MR) is 72.9 cm³/mol. The Labute approximate surface area is 114 Å². The molecule has 0 spiro atoms. The lowest BCUT2D eigenvalue weighted by molar-refractivity contribution is 0.165. The van der Waals surface area contributed by atoms with Crippen molar-refractivity contribution in [3.05, 3.63) is 23.3 Å². The van der Waals surface area contributed by atoms with Crippen molar-refractivity contribution < 1.29 is 14.2 Å². The van der Waals surface area contributed by atoms with Gasteiger partial charge in [-0.25, -0.2) is 0 Å². The fourth-order valence-corrected chi connectivity index (χ4v) is 2.91. The summed E-state index contributed by atoms with van der Waals surface area (Å²) in [5.41, 5.74) is 2.46. The number of hydrogen-bond donors (Lipinski definition) is 1. The highest BCUT2D eigenvalue weighted by Gasteiger charge is 2.23. The van der Waals surface area contributed by atoms with Crippen LogP contribution in [0.25, 0.3) is 0 Å². The quantitative estimate of drug-likeness (QED) is 0.900. The third-order valence-electron chi connectivity index (χ3n) is 3.82. The average molecular weight is 263 g/mol. The Morgan fingerprint density at radius 1 is 1.32 bits per heavy atom. The topological polar surface area (TPSA) is 39.7 Å². The fourth-order valence-electron chi connectivity index (χ4n) is 2.91. The molecule has 2 heterocycles. The molecule has 4 nitrogen and oxygen atoms in total. The van der Waals surface area contributed by atoms with Gasteiger partial charge in [-0.1, -0.05) is 6.07 Å². The van der Waals surface area contributed by atoms with Gasteiger partial charge in [0, 0.05) is 18.7 Å². The Morgan fingerprint density at radius 2 is 2.21 bits per heavy atom. The molecule has 2 aliphatic rings. The van der Waals surface area contributed by atoms with Gasteiger partial charge in [0.25, 0.3) is 0 Å². The summed E-state index contributed by atoms with van der Waals surface area (Å²) in [4.78, 5) is 0. The van der Waals surface area contributed by atoms with E-state index < -0.39 is 0 Å². The van der Waals surface area contributed by atoms with E-state index in [0.717, 1.165) is 24.5 Å². The van der Waals surface area contributed by atoms with Crippen molar-refractivity contribution in [1.29, 1.82) is 0 Å². The lowest BCUT2D eigenvalue weighted by atomic mass is 9.97. The fraction of sp³-hybridized carbons (Fsp3) is 0.600. The van der Waals surface area contributed by atoms with E-state index in [1.807, 2.05) is 6.07 Å². The van der Waals surface area contributed by atoms with Crippen molar-refractivity contribution in [2.45, 2.75) is 31.9 Å². The molecule has 1 aromatic rings. The van der Waals surface area contributed by atoms with Crippen LogP contribution < -0.4 is 14.8 Å². The summed E-state index contributed by atoms with van der Waals surface area (Å²) in [7, 11) is 1.73. The van der Waals surface area contributed by atoms with Crippen LogP contribution in [-0.4, -0.2) is 32.9 Å². The Morgan fingerprint density at radius 3 is 3.00 bits per heavy atom. The number of benzene rings is 1. The van der Waals surface area contributed by atoms with Crippen LogP contribution in [0.1, 0.15) is 24.0 Å². The highest BCUT2D eigenvalue weighted by atomic mass is 16.6. The third kappa shape index (κ3) is 2.69. The van der Waals surface area contributed by atoms with Crippen LogP contribution in [0, 0.1) is 0 Å². The van der Waals surface area contributed by atoms with Crippen molar-refractivity contribution in [3.63, 3.8) is 0 Å². The predicted octanol–water partition coefficient (Wildman–Crippen LogP) is 1.90. The summed E-state index contributed by atoms with van der Waals surface area (Å²) in [5, 5.41) is 3.54. The molecule has 2 aliphatic heterocycles. The maximum atomic E-state index is 5.84. The largest absolute Gasteiger partial charge is 0.486 e. The van der Waals surface area contributed by atoms with Crippen molar-refractivity contribution in [2.75, 3.05) is 26.9 Å². The minimum Gasteiger partial charge on any atom is -0.486 e. The molecule has 0 amide bonds. The van der Waals surface area contributed by atoms with Crippen LogP contribution in [0.2, 0.25) is 0 Å². The lowest BCUT2D eigenvalue weighted by Gasteiger charge is -2.24. The first kappa shape index (κ1) is 12.8. The molecule has 4 heteroatoms. The third-order valence-corrected chi connectivity index (χ3v) is 3.82. The SMILES string of the molecule is COCc1ccc2c(c1CC1CCCN1)OCCO2. The normalized spacial score (nSPS) is 21.6. The first-order valence-electron chi connectivity index (χ1n) is 7.01. The van der Waals surface area contributed by atoms with Crippen molar-refractivity contribution in [2.24, 2.45) is 0 Å². The van der Waals surface area contributed by atoms with E-state index in [2.05, 4.69) is 11.4 Å². The molecule has 1 fully saturated rings. The lowest BCUT2D eigenvalue weighted by Crippen LogP contribution is -2.25. The summed E-state index contributed by atoms with van der Waals surface area (Å²) in [6.07, 6.45) is 3.48. The van der Waals surface area contributed by atoms with Crippen molar-refractivity contribution in [3.8, 4) is 11.5 Å². The van der Waals surface area contributed by atoms with Crippen LogP contribution in [0.5, 0.6) is 11.5 Å². The monoisotopic (exact) mass is 263 g/mol. The van der Waals surface area contributed by atoms with Gasteiger partial charge >= 0.3 is 0 Å². The Kier molecular flexibility index (Phi) is 3.89. The molecule has 1 unspecified atom stereocenters. The molecule has 0 bridgehead atoms. The molecule has 19 heavy (non-hydrogen) atoms.